The zero-order valence-corrected chi connectivity index (χ0v) is 40.3. The van der Waals surface area contributed by atoms with E-state index in [-0.39, 0.29) is 21.6 Å². The molecule has 14 nitrogen and oxygen atoms in total. The van der Waals surface area contributed by atoms with Gasteiger partial charge in [-0.1, -0.05) is 60.7 Å². The number of anilines is 2. The zero-order valence-electron chi connectivity index (χ0n) is 38.6. The van der Waals surface area contributed by atoms with E-state index in [1.165, 1.54) is 58.2 Å². The van der Waals surface area contributed by atoms with Crippen LogP contribution >= 0.6 is 0 Å². The Balaban J connectivity index is 0.000000166. The summed E-state index contributed by atoms with van der Waals surface area (Å²) >= 11 is 0. The Morgan fingerprint density at radius 2 is 0.848 bits per heavy atom. The molecule has 8 rings (SSSR count). The third-order valence-corrected chi connectivity index (χ3v) is 13.6. The van der Waals surface area contributed by atoms with Crippen molar-refractivity contribution in [3.63, 3.8) is 0 Å². The molecule has 0 atom stereocenters. The molecule has 0 saturated heterocycles. The van der Waals surface area contributed by atoms with Crippen LogP contribution in [0.4, 0.5) is 22.7 Å². The molecule has 16 heteroatoms. The Kier molecular flexibility index (Phi) is 14.3. The minimum Gasteiger partial charge on any atom is -0.744 e. The molecule has 2 aliphatic rings. The van der Waals surface area contributed by atoms with E-state index in [9.17, 15) is 25.9 Å². The van der Waals surface area contributed by atoms with Crippen LogP contribution in [0.5, 0.6) is 11.5 Å². The first kappa shape index (κ1) is 48.7. The average molecular weight is 931 g/mol. The SMILES string of the molecule is COc1ccc(N(C)N=CC2=[N+](C)c3ccccc3C2(C)C)cc1.COc1ccc(N(C)N=CC2=[N+](C)c3ccccc3C2(C)C)cc1.O=S(=O)([O-])c1cccc2c(S(=O)(=O)[O-])cccc12. The van der Waals surface area contributed by atoms with E-state index < -0.39 is 30.0 Å². The van der Waals surface area contributed by atoms with E-state index >= 15 is 0 Å². The first-order chi connectivity index (χ1) is 31.1. The molecule has 0 unspecified atom stereocenters. The van der Waals surface area contributed by atoms with Crippen molar-refractivity contribution in [2.45, 2.75) is 48.3 Å². The number of hydrogen-bond acceptors (Lipinski definition) is 12. The second-order valence-corrected chi connectivity index (χ2v) is 19.3. The van der Waals surface area contributed by atoms with Crippen molar-refractivity contribution in [3.05, 3.63) is 145 Å². The monoisotopic (exact) mass is 930 g/mol. The van der Waals surface area contributed by atoms with Gasteiger partial charge in [0.2, 0.25) is 22.8 Å². The molecule has 2 heterocycles. The van der Waals surface area contributed by atoms with Gasteiger partial charge in [-0.05, 0) is 88.4 Å². The first-order valence-electron chi connectivity index (χ1n) is 20.8. The highest BCUT2D eigenvalue weighted by Crippen LogP contribution is 2.39. The maximum atomic E-state index is 11.0. The topological polar surface area (TPSA) is 170 Å². The van der Waals surface area contributed by atoms with Gasteiger partial charge in [0, 0.05) is 48.1 Å². The minimum absolute atomic E-state index is 0.0599. The molecule has 0 aromatic heterocycles. The summed E-state index contributed by atoms with van der Waals surface area (Å²) in [5, 5.41) is 12.9. The predicted octanol–water partition coefficient (Wildman–Crippen LogP) is 8.29. The molecule has 0 radical (unpaired) electrons. The molecule has 66 heavy (non-hydrogen) atoms. The van der Waals surface area contributed by atoms with Gasteiger partial charge in [0.1, 0.15) is 58.3 Å². The second kappa shape index (κ2) is 19.4. The fourth-order valence-corrected chi connectivity index (χ4v) is 9.54. The van der Waals surface area contributed by atoms with Crippen molar-refractivity contribution in [3.8, 4) is 11.5 Å². The lowest BCUT2D eigenvalue weighted by atomic mass is 9.82. The van der Waals surface area contributed by atoms with Crippen LogP contribution < -0.4 is 19.5 Å². The molecule has 6 aromatic carbocycles. The summed E-state index contributed by atoms with van der Waals surface area (Å²) in [7, 11) is 1.97. The molecule has 0 aliphatic carbocycles. The molecular formula is C50H54N6O8S2. The van der Waals surface area contributed by atoms with Crippen molar-refractivity contribution in [1.29, 1.82) is 0 Å². The molecule has 0 saturated carbocycles. The van der Waals surface area contributed by atoms with E-state index in [4.69, 9.17) is 9.47 Å². The number of ether oxygens (including phenoxy) is 2. The Morgan fingerprint density at radius 1 is 0.515 bits per heavy atom. The standard InChI is InChI=1S/2C20H24N3O.C10H8O6S2/c2*1-20(2)17-8-6-7-9-18(17)22(3)19(20)14-21-23(4)15-10-12-16(24-5)13-11-15;11-17(12,13)9-5-1-3-7-8(9)4-2-6-10(7)18(14,15)16/h2*6-14H,1-5H3;1-6H,(H,11,12,13)(H,14,15,16)/q2*+1;/p-2. The van der Waals surface area contributed by atoms with E-state index in [2.05, 4.69) is 110 Å². The normalized spacial score (nSPS) is 14.9. The van der Waals surface area contributed by atoms with Crippen LogP contribution in [0.25, 0.3) is 10.8 Å². The number of para-hydroxylation sites is 2. The molecule has 0 bridgehead atoms. The van der Waals surface area contributed by atoms with Crippen LogP contribution in [0, 0.1) is 0 Å². The van der Waals surface area contributed by atoms with Gasteiger partial charge < -0.3 is 18.6 Å². The third kappa shape index (κ3) is 10.2. The number of rotatable bonds is 10. The summed E-state index contributed by atoms with van der Waals surface area (Å²) in [5.41, 5.74) is 9.44. The van der Waals surface area contributed by atoms with Crippen LogP contribution in [-0.4, -0.2) is 101 Å². The van der Waals surface area contributed by atoms with Crippen molar-refractivity contribution in [2.75, 3.05) is 52.4 Å². The van der Waals surface area contributed by atoms with Gasteiger partial charge in [0.15, 0.2) is 0 Å². The lowest BCUT2D eigenvalue weighted by molar-refractivity contribution is -0.400. The van der Waals surface area contributed by atoms with Crippen molar-refractivity contribution in [2.24, 2.45) is 10.2 Å². The Hall–Kier alpha value is -6.72. The summed E-state index contributed by atoms with van der Waals surface area (Å²) in [6, 6.07) is 39.9. The number of hydrogen-bond donors (Lipinski definition) is 0. The number of benzene rings is 6. The highest BCUT2D eigenvalue weighted by Gasteiger charge is 2.44. The summed E-state index contributed by atoms with van der Waals surface area (Å²) in [6.07, 6.45) is 3.93. The van der Waals surface area contributed by atoms with Crippen LogP contribution in [-0.2, 0) is 31.1 Å². The maximum absolute atomic E-state index is 11.0. The van der Waals surface area contributed by atoms with Gasteiger partial charge in [0.25, 0.3) is 0 Å². The van der Waals surface area contributed by atoms with E-state index in [1.807, 2.05) is 85.1 Å². The highest BCUT2D eigenvalue weighted by atomic mass is 32.2. The maximum Gasteiger partial charge on any atom is 0.212 e. The smallest absolute Gasteiger partial charge is 0.212 e. The van der Waals surface area contributed by atoms with E-state index in [0.29, 0.717) is 0 Å². The van der Waals surface area contributed by atoms with E-state index in [0.717, 1.165) is 35.0 Å². The average Bonchev–Trinajstić information content (AvgIpc) is 3.62. The largest absolute Gasteiger partial charge is 0.744 e. The van der Waals surface area contributed by atoms with Gasteiger partial charge >= 0.3 is 0 Å². The molecule has 0 amide bonds. The molecular weight excluding hydrogens is 877 g/mol. The van der Waals surface area contributed by atoms with Crippen molar-refractivity contribution in [1.82, 2.24) is 0 Å². The summed E-state index contributed by atoms with van der Waals surface area (Å²) in [4.78, 5) is -1.10. The Bertz CT molecular complexity index is 2900. The third-order valence-electron chi connectivity index (χ3n) is 11.9. The van der Waals surface area contributed by atoms with E-state index in [1.54, 1.807) is 14.2 Å². The minimum atomic E-state index is -4.74. The van der Waals surface area contributed by atoms with Crippen molar-refractivity contribution >= 4 is 77.6 Å². The first-order valence-corrected chi connectivity index (χ1v) is 23.6. The van der Waals surface area contributed by atoms with Gasteiger partial charge in [-0.25, -0.2) is 16.8 Å². The quantitative estimate of drug-likeness (QED) is 0.0564. The number of nitrogens with zero attached hydrogens (tertiary/aromatic N) is 6. The molecule has 0 fully saturated rings. The van der Waals surface area contributed by atoms with Crippen LogP contribution in [0.15, 0.2) is 153 Å². The molecule has 0 N–H and O–H groups in total. The lowest BCUT2D eigenvalue weighted by Gasteiger charge is -2.16. The van der Waals surface area contributed by atoms with Gasteiger partial charge in [0.05, 0.1) is 46.2 Å². The number of hydrazone groups is 2. The Labute approximate surface area is 387 Å². The van der Waals surface area contributed by atoms with Crippen LogP contribution in [0.2, 0.25) is 0 Å². The molecule has 344 valence electrons. The molecule has 0 spiro atoms. The second-order valence-electron chi connectivity index (χ2n) is 16.6. The van der Waals surface area contributed by atoms with Crippen LogP contribution in [0.1, 0.15) is 38.8 Å². The van der Waals surface area contributed by atoms with Crippen molar-refractivity contribution < 1.29 is 44.6 Å². The summed E-state index contributed by atoms with van der Waals surface area (Å²) in [5.74, 6) is 1.69. The zero-order chi connectivity index (χ0) is 48.2. The highest BCUT2D eigenvalue weighted by molar-refractivity contribution is 7.86. The molecule has 2 aliphatic heterocycles. The Morgan fingerprint density at radius 3 is 1.15 bits per heavy atom. The fourth-order valence-electron chi connectivity index (χ4n) is 8.16. The fraction of sp³-hybridized carbons (Fsp3) is 0.240. The summed E-state index contributed by atoms with van der Waals surface area (Å²) < 4.78 is 81.0. The summed E-state index contributed by atoms with van der Waals surface area (Å²) in [6.45, 7) is 8.96. The van der Waals surface area contributed by atoms with Gasteiger partial charge in [-0.15, -0.1) is 0 Å². The number of methoxy groups -OCH3 is 2. The van der Waals surface area contributed by atoms with Gasteiger partial charge in [-0.3, -0.25) is 10.0 Å². The van der Waals surface area contributed by atoms with Crippen LogP contribution in [0.3, 0.4) is 0 Å². The lowest BCUT2D eigenvalue weighted by Crippen LogP contribution is -2.30. The predicted molar refractivity (Wildman–Crippen MR) is 260 cm³/mol. The molecule has 6 aromatic rings. The number of fused-ring (bicyclic) bond motifs is 3. The van der Waals surface area contributed by atoms with Gasteiger partial charge in [-0.2, -0.15) is 19.4 Å².